The van der Waals surface area contributed by atoms with Crippen LogP contribution in [0.5, 0.6) is 0 Å². The van der Waals surface area contributed by atoms with E-state index in [2.05, 4.69) is 5.73 Å². The normalized spacial score (nSPS) is 4.30. The second-order valence-electron chi connectivity index (χ2n) is 0.353. The quantitative estimate of drug-likeness (QED) is 0.204. The van der Waals surface area contributed by atoms with E-state index in [1.54, 1.807) is 0 Å². The molecule has 0 aliphatic heterocycles. The summed E-state index contributed by atoms with van der Waals surface area (Å²) in [7, 11) is -3.37. The van der Waals surface area contributed by atoms with E-state index in [0.29, 0.717) is 0 Å². The first-order valence-electron chi connectivity index (χ1n) is 1.06. The van der Waals surface area contributed by atoms with Gasteiger partial charge in [-0.1, -0.05) is 0 Å². The van der Waals surface area contributed by atoms with E-state index in [9.17, 15) is 0 Å². The Labute approximate surface area is 113 Å². The van der Waals surface area contributed by atoms with Crippen molar-refractivity contribution in [3.05, 3.63) is 0 Å². The Kier molecular flexibility index (Phi) is 90.5. The average Bonchev–Trinajstić information content (AvgIpc) is 1.33. The van der Waals surface area contributed by atoms with E-state index in [-0.39, 0.29) is 74.6 Å². The maximum absolute atomic E-state index is 8.48. The van der Waals surface area contributed by atoms with Crippen molar-refractivity contribution >= 4 is 63.7 Å². The van der Waals surface area contributed by atoms with Gasteiger partial charge in [0.05, 0.1) is 0 Å². The molecule has 42 valence electrons. The van der Waals surface area contributed by atoms with Gasteiger partial charge in [-0.3, -0.25) is 0 Å². The van der Waals surface area contributed by atoms with Crippen molar-refractivity contribution < 1.29 is 34.2 Å². The fourth-order valence-corrected chi connectivity index (χ4v) is 0. The van der Waals surface area contributed by atoms with Crippen LogP contribution >= 0.6 is 8.60 Å². The van der Waals surface area contributed by atoms with E-state index in [1.165, 1.54) is 6.19 Å². The number of rotatable bonds is 0. The second-order valence-corrected chi connectivity index (χ2v) is 0.800. The maximum Gasteiger partial charge on any atom is 3.00 e. The molecule has 0 amide bonds. The first kappa shape index (κ1) is 29.6. The topological polar surface area (TPSA) is 119 Å². The Bertz CT molecular complexity index is 69.3. The molecule has 0 aromatic carbocycles. The summed E-state index contributed by atoms with van der Waals surface area (Å²) in [6.07, 6.45) is 1.25. The third-order valence-electron chi connectivity index (χ3n) is 0. The van der Waals surface area contributed by atoms with Gasteiger partial charge in [-0.2, -0.15) is 5.26 Å². The molecule has 0 aliphatic carbocycles. The summed E-state index contributed by atoms with van der Waals surface area (Å²) >= 11 is 0. The molecule has 0 bridgehead atoms. The van der Waals surface area contributed by atoms with Gasteiger partial charge in [0.25, 0.3) is 0 Å². The van der Waals surface area contributed by atoms with Gasteiger partial charge in [0.1, 0.15) is 0 Å². The molecule has 2 N–H and O–H groups in total. The summed E-state index contributed by atoms with van der Waals surface area (Å²) in [4.78, 5) is 25.4. The van der Waals surface area contributed by atoms with Crippen molar-refractivity contribution in [2.24, 2.45) is 5.73 Å². The standard InChI is InChI=1S/CH2N2.Al.Ca.O3P.Zn/c2-1-3;;;1-4(2)3;/h2H2;;;;/q;+3;+2;-3;+2. The van der Waals surface area contributed by atoms with Crippen LogP contribution in [0.2, 0.25) is 0 Å². The molecule has 0 heterocycles. The molecule has 0 atom stereocenters. The molecule has 0 saturated heterocycles. The molecule has 0 unspecified atom stereocenters. The van der Waals surface area contributed by atoms with Crippen LogP contribution in [0.1, 0.15) is 0 Å². The molecule has 0 radical (unpaired) electrons. The second kappa shape index (κ2) is 30.5. The Hall–Kier alpha value is 2.02. The molecule has 0 aliphatic rings. The molecular formula is CH2AlCaN2O3PZn+4. The van der Waals surface area contributed by atoms with Crippen LogP contribution in [-0.2, 0) is 19.5 Å². The number of nitriles is 1. The average molecular weight is 253 g/mol. The minimum atomic E-state index is -3.37. The molecule has 5 nitrogen and oxygen atoms in total. The summed E-state index contributed by atoms with van der Waals surface area (Å²) in [5, 5.41) is 7.10. The summed E-state index contributed by atoms with van der Waals surface area (Å²) in [5.74, 6) is 0. The van der Waals surface area contributed by atoms with Gasteiger partial charge in [0.2, 0.25) is 0 Å². The fraction of sp³-hybridized carbons (Fsp3) is 0. The summed E-state index contributed by atoms with van der Waals surface area (Å²) in [6, 6.07) is 0. The SMILES string of the molecule is N#CN.[Al+3].[Ca+2].[O-]P([O-])[O-].[Zn+2]. The van der Waals surface area contributed by atoms with E-state index >= 15 is 0 Å². The monoisotopic (exact) mass is 252 g/mol. The molecule has 0 spiro atoms. The van der Waals surface area contributed by atoms with Crippen LogP contribution in [0.25, 0.3) is 0 Å². The van der Waals surface area contributed by atoms with E-state index in [1.807, 2.05) is 0 Å². The van der Waals surface area contributed by atoms with E-state index in [0.717, 1.165) is 0 Å². The van der Waals surface area contributed by atoms with Gasteiger partial charge in [-0.05, 0) is 0 Å². The zero-order valence-electron chi connectivity index (χ0n) is 5.19. The van der Waals surface area contributed by atoms with Crippen molar-refractivity contribution in [2.75, 3.05) is 0 Å². The van der Waals surface area contributed by atoms with Gasteiger partial charge in [-0.15, -0.1) is 0 Å². The predicted molar refractivity (Wildman–Crippen MR) is 28.2 cm³/mol. The maximum atomic E-state index is 8.48. The smallest absolute Gasteiger partial charge is 0.854 e. The first-order chi connectivity index (χ1) is 3.15. The van der Waals surface area contributed by atoms with Gasteiger partial charge >= 0.3 is 74.6 Å². The largest absolute Gasteiger partial charge is 3.00 e. The molecule has 9 heteroatoms. The van der Waals surface area contributed by atoms with Crippen LogP contribution in [0, 0.1) is 11.5 Å². The Balaban J connectivity index is -0.0000000131. The third kappa shape index (κ3) is 200. The van der Waals surface area contributed by atoms with Crippen LogP contribution in [0.4, 0.5) is 0 Å². The number of hydrogen-bond donors (Lipinski definition) is 1. The number of nitrogens with two attached hydrogens (primary N) is 1. The third-order valence-corrected chi connectivity index (χ3v) is 0. The van der Waals surface area contributed by atoms with Crippen LogP contribution in [0.15, 0.2) is 0 Å². The van der Waals surface area contributed by atoms with Gasteiger partial charge < -0.3 is 29.0 Å². The Morgan fingerprint density at radius 1 is 1.30 bits per heavy atom. The number of nitrogens with zero attached hydrogens (tertiary/aromatic N) is 1. The molecule has 0 aromatic rings. The van der Waals surface area contributed by atoms with Crippen LogP contribution in [0.3, 0.4) is 0 Å². The molecule has 0 saturated carbocycles. The summed E-state index contributed by atoms with van der Waals surface area (Å²) < 4.78 is 0. The molecule has 10 heavy (non-hydrogen) atoms. The van der Waals surface area contributed by atoms with E-state index < -0.39 is 8.60 Å². The van der Waals surface area contributed by atoms with Crippen molar-refractivity contribution in [3.63, 3.8) is 0 Å². The summed E-state index contributed by atoms with van der Waals surface area (Å²) in [5.41, 5.74) is 4.15. The van der Waals surface area contributed by atoms with Crippen molar-refractivity contribution in [1.29, 1.82) is 5.26 Å². The van der Waals surface area contributed by atoms with Crippen LogP contribution in [-0.4, -0.2) is 55.1 Å². The first-order valence-corrected chi connectivity index (χ1v) is 2.16. The van der Waals surface area contributed by atoms with Gasteiger partial charge in [0, 0.05) is 0 Å². The van der Waals surface area contributed by atoms with Gasteiger partial charge in [0.15, 0.2) is 6.19 Å². The molecule has 0 rings (SSSR count). The van der Waals surface area contributed by atoms with Gasteiger partial charge in [-0.25, -0.2) is 0 Å². The van der Waals surface area contributed by atoms with Crippen molar-refractivity contribution in [2.45, 2.75) is 0 Å². The minimum absolute atomic E-state index is 0. The van der Waals surface area contributed by atoms with Crippen LogP contribution < -0.4 is 20.4 Å². The summed E-state index contributed by atoms with van der Waals surface area (Å²) in [6.45, 7) is 0. The van der Waals surface area contributed by atoms with E-state index in [4.69, 9.17) is 19.9 Å². The predicted octanol–water partition coefficient (Wildman–Crippen LogP) is -4.04. The zero-order chi connectivity index (χ0) is 6.28. The Morgan fingerprint density at radius 3 is 1.30 bits per heavy atom. The van der Waals surface area contributed by atoms with Crippen molar-refractivity contribution in [3.8, 4) is 6.19 Å². The molecule has 0 aromatic heterocycles. The Morgan fingerprint density at radius 2 is 1.30 bits per heavy atom. The van der Waals surface area contributed by atoms with Crippen molar-refractivity contribution in [1.82, 2.24) is 0 Å². The number of hydrogen-bond acceptors (Lipinski definition) is 5. The molecule has 0 fully saturated rings. The zero-order valence-corrected chi connectivity index (χ0v) is 12.4. The molecular weight excluding hydrogens is 251 g/mol. The minimum Gasteiger partial charge on any atom is -0.854 e. The fourth-order valence-electron chi connectivity index (χ4n) is 0.